The Morgan fingerprint density at radius 2 is 1.88 bits per heavy atom. The average Bonchev–Trinajstić information content (AvgIpc) is 3.32. The van der Waals surface area contributed by atoms with Gasteiger partial charge >= 0.3 is 0 Å². The van der Waals surface area contributed by atoms with Crippen LogP contribution in [0, 0.1) is 12.8 Å². The predicted octanol–water partition coefficient (Wildman–Crippen LogP) is 2.42. The van der Waals surface area contributed by atoms with Crippen LogP contribution in [0.5, 0.6) is 0 Å². The van der Waals surface area contributed by atoms with Crippen molar-refractivity contribution in [1.82, 2.24) is 20.0 Å². The standard InChI is InChI=1S/C20H24N4O/c1-13-2-4-14(5-3-13)16-12-24(20(25)17-6-9-21-22-17)18-15-7-10-23(11-8-15)19(16)18/h2-6,9,15-16,18-19H,7-8,10-12H2,1H3,(H,21,22)/t16-,18-,19-/m1/s1. The van der Waals surface area contributed by atoms with E-state index in [4.69, 9.17) is 0 Å². The molecule has 0 spiro atoms. The van der Waals surface area contributed by atoms with E-state index in [0.29, 0.717) is 29.6 Å². The van der Waals surface area contributed by atoms with Gasteiger partial charge in [-0.1, -0.05) is 29.8 Å². The molecule has 0 saturated carbocycles. The highest BCUT2D eigenvalue weighted by Crippen LogP contribution is 2.46. The number of nitrogens with one attached hydrogen (secondary N) is 1. The number of amides is 1. The molecule has 0 aliphatic carbocycles. The normalized spacial score (nSPS) is 33.5. The summed E-state index contributed by atoms with van der Waals surface area (Å²) in [4.78, 5) is 17.9. The number of carbonyl (C=O) groups excluding carboxylic acids is 1. The lowest BCUT2D eigenvalue weighted by molar-refractivity contribution is -0.00358. The minimum atomic E-state index is 0.107. The zero-order valence-corrected chi connectivity index (χ0v) is 14.6. The third-order valence-electron chi connectivity index (χ3n) is 6.49. The fraction of sp³-hybridized carbons (Fsp3) is 0.500. The molecule has 4 saturated heterocycles. The number of piperidine rings is 3. The Hall–Kier alpha value is -2.14. The van der Waals surface area contributed by atoms with Crippen molar-refractivity contribution in [3.05, 3.63) is 53.3 Å². The van der Waals surface area contributed by atoms with Gasteiger partial charge in [0.25, 0.3) is 5.91 Å². The van der Waals surface area contributed by atoms with Crippen molar-refractivity contribution in [3.8, 4) is 0 Å². The molecular formula is C20H24N4O. The predicted molar refractivity (Wildman–Crippen MR) is 95.4 cm³/mol. The molecule has 0 unspecified atom stereocenters. The molecule has 1 N–H and O–H groups in total. The number of hydrogen-bond acceptors (Lipinski definition) is 3. The number of H-pyrrole nitrogens is 1. The number of aromatic nitrogens is 2. The van der Waals surface area contributed by atoms with Gasteiger partial charge in [0.15, 0.2) is 0 Å². The van der Waals surface area contributed by atoms with Crippen LogP contribution in [0.1, 0.15) is 40.4 Å². The second-order valence-electron chi connectivity index (χ2n) is 7.80. The Balaban J connectivity index is 1.53. The summed E-state index contributed by atoms with van der Waals surface area (Å²) in [6, 6.07) is 11.5. The van der Waals surface area contributed by atoms with Gasteiger partial charge in [-0.3, -0.25) is 14.8 Å². The molecule has 4 fully saturated rings. The van der Waals surface area contributed by atoms with E-state index in [-0.39, 0.29) is 5.91 Å². The van der Waals surface area contributed by atoms with E-state index in [1.807, 2.05) is 0 Å². The summed E-state index contributed by atoms with van der Waals surface area (Å²) in [5.74, 6) is 1.15. The zero-order valence-electron chi connectivity index (χ0n) is 14.6. The van der Waals surface area contributed by atoms with Gasteiger partial charge in [0.2, 0.25) is 0 Å². The van der Waals surface area contributed by atoms with Gasteiger partial charge in [0, 0.05) is 24.7 Å². The molecule has 25 heavy (non-hydrogen) atoms. The summed E-state index contributed by atoms with van der Waals surface area (Å²) in [5.41, 5.74) is 3.27. The van der Waals surface area contributed by atoms with Crippen molar-refractivity contribution in [2.45, 2.75) is 37.8 Å². The van der Waals surface area contributed by atoms with E-state index >= 15 is 0 Å². The van der Waals surface area contributed by atoms with Gasteiger partial charge in [0.1, 0.15) is 5.69 Å². The first-order valence-corrected chi connectivity index (χ1v) is 9.33. The summed E-state index contributed by atoms with van der Waals surface area (Å²) in [6.45, 7) is 5.30. The smallest absolute Gasteiger partial charge is 0.272 e. The maximum absolute atomic E-state index is 13.1. The molecular weight excluding hydrogens is 312 g/mol. The third kappa shape index (κ3) is 2.33. The number of aromatic amines is 1. The second kappa shape index (κ2) is 5.70. The van der Waals surface area contributed by atoms with Crippen LogP contribution in [0.4, 0.5) is 0 Å². The number of nitrogens with zero attached hydrogens (tertiary/aromatic N) is 3. The van der Waals surface area contributed by atoms with Crippen LogP contribution in [-0.4, -0.2) is 57.6 Å². The van der Waals surface area contributed by atoms with Gasteiger partial charge in [-0.15, -0.1) is 0 Å². The van der Waals surface area contributed by atoms with Crippen LogP contribution in [0.3, 0.4) is 0 Å². The highest BCUT2D eigenvalue weighted by molar-refractivity contribution is 5.92. The number of likely N-dealkylation sites (tertiary alicyclic amines) is 1. The Morgan fingerprint density at radius 3 is 2.56 bits per heavy atom. The van der Waals surface area contributed by atoms with Gasteiger partial charge in [-0.05, 0) is 50.4 Å². The Kier molecular flexibility index (Phi) is 3.45. The van der Waals surface area contributed by atoms with Crippen LogP contribution in [0.15, 0.2) is 36.5 Å². The lowest BCUT2D eigenvalue weighted by Gasteiger charge is -2.51. The lowest BCUT2D eigenvalue weighted by Crippen LogP contribution is -2.60. The van der Waals surface area contributed by atoms with Crippen molar-refractivity contribution in [1.29, 1.82) is 0 Å². The van der Waals surface area contributed by atoms with Crippen molar-refractivity contribution in [2.75, 3.05) is 19.6 Å². The molecule has 6 rings (SSSR count). The average molecular weight is 336 g/mol. The van der Waals surface area contributed by atoms with Gasteiger partial charge < -0.3 is 4.90 Å². The van der Waals surface area contributed by atoms with Crippen molar-refractivity contribution < 1.29 is 4.79 Å². The Morgan fingerprint density at radius 1 is 1.12 bits per heavy atom. The monoisotopic (exact) mass is 336 g/mol. The first-order valence-electron chi connectivity index (χ1n) is 9.33. The summed E-state index contributed by atoms with van der Waals surface area (Å²) in [6.07, 6.45) is 4.10. The van der Waals surface area contributed by atoms with E-state index in [2.05, 4.69) is 51.2 Å². The summed E-state index contributed by atoms with van der Waals surface area (Å²) in [7, 11) is 0. The second-order valence-corrected chi connectivity index (χ2v) is 7.80. The van der Waals surface area contributed by atoms with Crippen molar-refractivity contribution in [3.63, 3.8) is 0 Å². The number of hydrogen-bond donors (Lipinski definition) is 1. The number of carbonyl (C=O) groups is 1. The molecule has 1 amide bonds. The van der Waals surface area contributed by atoms with E-state index in [1.54, 1.807) is 12.3 Å². The van der Waals surface area contributed by atoms with Crippen LogP contribution in [0.2, 0.25) is 0 Å². The van der Waals surface area contributed by atoms with Gasteiger partial charge in [-0.25, -0.2) is 0 Å². The maximum Gasteiger partial charge on any atom is 0.272 e. The van der Waals surface area contributed by atoms with Gasteiger partial charge in [-0.2, -0.15) is 5.10 Å². The Bertz CT molecular complexity index is 762. The molecule has 1 aromatic carbocycles. The molecule has 130 valence electrons. The lowest BCUT2D eigenvalue weighted by atomic mass is 9.75. The maximum atomic E-state index is 13.1. The topological polar surface area (TPSA) is 52.2 Å². The molecule has 2 bridgehead atoms. The highest BCUT2D eigenvalue weighted by atomic mass is 16.2. The number of benzene rings is 1. The van der Waals surface area contributed by atoms with Crippen LogP contribution < -0.4 is 0 Å². The van der Waals surface area contributed by atoms with E-state index in [9.17, 15) is 4.79 Å². The van der Waals surface area contributed by atoms with E-state index in [1.165, 1.54) is 37.1 Å². The molecule has 4 aliphatic heterocycles. The molecule has 2 aromatic rings. The first-order chi connectivity index (χ1) is 12.2. The minimum Gasteiger partial charge on any atom is -0.332 e. The zero-order chi connectivity index (χ0) is 17.0. The van der Waals surface area contributed by atoms with E-state index < -0.39 is 0 Å². The molecule has 5 heteroatoms. The molecule has 5 heterocycles. The van der Waals surface area contributed by atoms with Gasteiger partial charge in [0.05, 0.1) is 6.04 Å². The van der Waals surface area contributed by atoms with Crippen LogP contribution in [0.25, 0.3) is 0 Å². The summed E-state index contributed by atoms with van der Waals surface area (Å²) < 4.78 is 0. The SMILES string of the molecule is Cc1ccc([C@H]2CN(C(=O)c3ccn[nH]3)[C@@H]3C4CCN(CC4)[C@H]23)cc1. The molecule has 5 nitrogen and oxygen atoms in total. The molecule has 0 radical (unpaired) electrons. The largest absolute Gasteiger partial charge is 0.332 e. The van der Waals surface area contributed by atoms with Crippen LogP contribution in [-0.2, 0) is 0 Å². The molecule has 3 atom stereocenters. The fourth-order valence-corrected chi connectivity index (χ4v) is 5.29. The fourth-order valence-electron chi connectivity index (χ4n) is 5.29. The highest BCUT2D eigenvalue weighted by Gasteiger charge is 2.54. The quantitative estimate of drug-likeness (QED) is 0.916. The molecule has 1 aromatic heterocycles. The van der Waals surface area contributed by atoms with E-state index in [0.717, 1.165) is 6.54 Å². The van der Waals surface area contributed by atoms with Crippen molar-refractivity contribution in [2.24, 2.45) is 5.92 Å². The minimum absolute atomic E-state index is 0.107. The molecule has 4 aliphatic rings. The Labute approximate surface area is 148 Å². The summed E-state index contributed by atoms with van der Waals surface area (Å²) in [5, 5.41) is 6.83. The number of rotatable bonds is 2. The summed E-state index contributed by atoms with van der Waals surface area (Å²) >= 11 is 0. The van der Waals surface area contributed by atoms with Crippen molar-refractivity contribution >= 4 is 5.91 Å². The number of aryl methyl sites for hydroxylation is 1. The third-order valence-corrected chi connectivity index (χ3v) is 6.49. The number of fused-ring (bicyclic) bond motifs is 2. The first kappa shape index (κ1) is 15.1. The van der Waals surface area contributed by atoms with Crippen LogP contribution >= 0.6 is 0 Å².